The van der Waals surface area contributed by atoms with Crippen LogP contribution in [0.4, 0.5) is 10.1 Å². The zero-order chi connectivity index (χ0) is 24.7. The van der Waals surface area contributed by atoms with Crippen LogP contribution in [0.1, 0.15) is 50.5 Å². The topological polar surface area (TPSA) is 51.7 Å². The van der Waals surface area contributed by atoms with Gasteiger partial charge in [0.15, 0.2) is 0 Å². The van der Waals surface area contributed by atoms with Gasteiger partial charge in [0.25, 0.3) is 0 Å². The summed E-state index contributed by atoms with van der Waals surface area (Å²) in [5, 5.41) is 3.28. The van der Waals surface area contributed by atoms with Crippen molar-refractivity contribution in [3.63, 3.8) is 0 Å². The Hall–Kier alpha value is -2.51. The number of halogens is 1. The van der Waals surface area contributed by atoms with E-state index < -0.39 is 0 Å². The SMILES string of the molecule is O=C(CC[C@H]1CN(Cc2ccncc2)CC[C@H]1N1CCN(c2ccccc2F)CC1)NC1CCCC1. The lowest BCUT2D eigenvalue weighted by molar-refractivity contribution is -0.122. The predicted octanol–water partition coefficient (Wildman–Crippen LogP) is 4.07. The molecule has 1 aromatic heterocycles. The molecule has 0 spiro atoms. The smallest absolute Gasteiger partial charge is 0.220 e. The average Bonchev–Trinajstić information content (AvgIpc) is 3.42. The maximum absolute atomic E-state index is 14.3. The Balaban J connectivity index is 1.20. The maximum Gasteiger partial charge on any atom is 0.220 e. The molecular weight excluding hydrogens is 453 g/mol. The Morgan fingerprint density at radius 3 is 2.47 bits per heavy atom. The van der Waals surface area contributed by atoms with Crippen molar-refractivity contribution in [3.05, 3.63) is 60.2 Å². The van der Waals surface area contributed by atoms with Gasteiger partial charge in [-0.1, -0.05) is 25.0 Å². The molecule has 2 aromatic rings. The fraction of sp³-hybridized carbons (Fsp3) is 0.586. The molecule has 194 valence electrons. The molecule has 1 aromatic carbocycles. The minimum atomic E-state index is -0.137. The molecule has 0 radical (unpaired) electrons. The second-order valence-electron chi connectivity index (χ2n) is 10.8. The molecule has 1 N–H and O–H groups in total. The monoisotopic (exact) mass is 493 g/mol. The molecule has 3 fully saturated rings. The van der Waals surface area contributed by atoms with E-state index >= 15 is 0 Å². The summed E-state index contributed by atoms with van der Waals surface area (Å²) in [4.78, 5) is 24.2. The summed E-state index contributed by atoms with van der Waals surface area (Å²) in [7, 11) is 0. The average molecular weight is 494 g/mol. The number of carbonyl (C=O) groups excluding carboxylic acids is 1. The van der Waals surface area contributed by atoms with E-state index in [2.05, 4.69) is 37.1 Å². The van der Waals surface area contributed by atoms with E-state index in [1.807, 2.05) is 24.5 Å². The number of rotatable bonds is 8. The summed E-state index contributed by atoms with van der Waals surface area (Å²) in [6.07, 6.45) is 11.1. The summed E-state index contributed by atoms with van der Waals surface area (Å²) in [5.41, 5.74) is 2.00. The molecule has 1 amide bonds. The molecule has 3 heterocycles. The van der Waals surface area contributed by atoms with Crippen LogP contribution < -0.4 is 10.2 Å². The number of para-hydroxylation sites is 1. The summed E-state index contributed by atoms with van der Waals surface area (Å²) in [6.45, 7) is 6.56. The number of hydrogen-bond acceptors (Lipinski definition) is 5. The minimum Gasteiger partial charge on any atom is -0.367 e. The molecule has 7 heteroatoms. The first-order valence-electron chi connectivity index (χ1n) is 13.8. The van der Waals surface area contributed by atoms with E-state index in [9.17, 15) is 9.18 Å². The lowest BCUT2D eigenvalue weighted by atomic mass is 9.86. The molecule has 0 unspecified atom stereocenters. The van der Waals surface area contributed by atoms with E-state index in [-0.39, 0.29) is 11.7 Å². The molecule has 5 rings (SSSR count). The van der Waals surface area contributed by atoms with Gasteiger partial charge in [-0.3, -0.25) is 19.6 Å². The van der Waals surface area contributed by atoms with Crippen LogP contribution in [0.15, 0.2) is 48.8 Å². The van der Waals surface area contributed by atoms with Crippen LogP contribution in [0.25, 0.3) is 0 Å². The predicted molar refractivity (Wildman–Crippen MR) is 141 cm³/mol. The van der Waals surface area contributed by atoms with E-state index in [0.717, 1.165) is 71.5 Å². The van der Waals surface area contributed by atoms with Crippen molar-refractivity contribution in [2.24, 2.45) is 5.92 Å². The molecule has 36 heavy (non-hydrogen) atoms. The number of piperazine rings is 1. The van der Waals surface area contributed by atoms with Gasteiger partial charge in [-0.05, 0) is 68.0 Å². The van der Waals surface area contributed by atoms with Crippen molar-refractivity contribution in [2.75, 3.05) is 44.2 Å². The first-order chi connectivity index (χ1) is 17.7. The van der Waals surface area contributed by atoms with Gasteiger partial charge in [-0.15, -0.1) is 0 Å². The number of pyridine rings is 1. The van der Waals surface area contributed by atoms with Crippen LogP contribution in [-0.2, 0) is 11.3 Å². The molecule has 2 saturated heterocycles. The Kier molecular flexibility index (Phi) is 8.49. The third kappa shape index (κ3) is 6.43. The molecular formula is C29H40FN5O. The number of aromatic nitrogens is 1. The molecule has 3 aliphatic rings. The highest BCUT2D eigenvalue weighted by Gasteiger charge is 2.35. The van der Waals surface area contributed by atoms with Gasteiger partial charge in [0.1, 0.15) is 5.82 Å². The quantitative estimate of drug-likeness (QED) is 0.601. The lowest BCUT2D eigenvalue weighted by Gasteiger charge is -2.47. The van der Waals surface area contributed by atoms with Gasteiger partial charge in [0, 0.05) is 70.2 Å². The number of likely N-dealkylation sites (tertiary alicyclic amines) is 1. The molecule has 0 bridgehead atoms. The number of carbonyl (C=O) groups is 1. The number of amides is 1. The third-order valence-corrected chi connectivity index (χ3v) is 8.37. The number of anilines is 1. The highest BCUT2D eigenvalue weighted by atomic mass is 19.1. The van der Waals surface area contributed by atoms with Crippen molar-refractivity contribution >= 4 is 11.6 Å². The largest absolute Gasteiger partial charge is 0.367 e. The molecule has 2 aliphatic heterocycles. The summed E-state index contributed by atoms with van der Waals surface area (Å²) < 4.78 is 14.3. The first kappa shape index (κ1) is 25.2. The van der Waals surface area contributed by atoms with Crippen LogP contribution in [-0.4, -0.2) is 72.0 Å². The number of piperidine rings is 1. The standard InChI is InChI=1S/C29H40FN5O/c30-26-7-3-4-8-28(26)35-19-17-34(18-20-35)27-13-16-33(21-23-11-14-31-15-12-23)22-24(27)9-10-29(36)32-25-5-1-2-6-25/h3-4,7-8,11-12,14-15,24-25,27H,1-2,5-6,9-10,13,16-22H2,(H,32,36)/t24-,27+/m0/s1. The first-order valence-corrected chi connectivity index (χ1v) is 13.8. The van der Waals surface area contributed by atoms with Crippen LogP contribution in [0, 0.1) is 11.7 Å². The van der Waals surface area contributed by atoms with Crippen molar-refractivity contribution in [2.45, 2.75) is 63.6 Å². The lowest BCUT2D eigenvalue weighted by Crippen LogP contribution is -2.57. The Morgan fingerprint density at radius 1 is 0.972 bits per heavy atom. The van der Waals surface area contributed by atoms with E-state index in [1.54, 1.807) is 12.1 Å². The fourth-order valence-corrected chi connectivity index (χ4v) is 6.44. The van der Waals surface area contributed by atoms with Gasteiger partial charge < -0.3 is 10.2 Å². The molecule has 1 aliphatic carbocycles. The Bertz CT molecular complexity index is 975. The van der Waals surface area contributed by atoms with Crippen LogP contribution in [0.3, 0.4) is 0 Å². The number of hydrogen-bond donors (Lipinski definition) is 1. The van der Waals surface area contributed by atoms with Crippen molar-refractivity contribution < 1.29 is 9.18 Å². The highest BCUT2D eigenvalue weighted by molar-refractivity contribution is 5.76. The molecule has 6 nitrogen and oxygen atoms in total. The van der Waals surface area contributed by atoms with Gasteiger partial charge in [-0.2, -0.15) is 0 Å². The normalized spacial score (nSPS) is 24.2. The van der Waals surface area contributed by atoms with Crippen molar-refractivity contribution in [1.29, 1.82) is 0 Å². The number of benzene rings is 1. The van der Waals surface area contributed by atoms with Gasteiger partial charge >= 0.3 is 0 Å². The van der Waals surface area contributed by atoms with Crippen molar-refractivity contribution in [3.8, 4) is 0 Å². The van der Waals surface area contributed by atoms with Gasteiger partial charge in [0.05, 0.1) is 5.69 Å². The van der Waals surface area contributed by atoms with Crippen LogP contribution in [0.2, 0.25) is 0 Å². The zero-order valence-corrected chi connectivity index (χ0v) is 21.3. The highest BCUT2D eigenvalue weighted by Crippen LogP contribution is 2.29. The summed E-state index contributed by atoms with van der Waals surface area (Å²) in [5.74, 6) is 0.535. The van der Waals surface area contributed by atoms with E-state index in [4.69, 9.17) is 0 Å². The van der Waals surface area contributed by atoms with Crippen molar-refractivity contribution in [1.82, 2.24) is 20.1 Å². The van der Waals surface area contributed by atoms with Crippen LogP contribution >= 0.6 is 0 Å². The van der Waals surface area contributed by atoms with E-state index in [1.165, 1.54) is 18.4 Å². The number of nitrogens with one attached hydrogen (secondary N) is 1. The summed E-state index contributed by atoms with van der Waals surface area (Å²) >= 11 is 0. The van der Waals surface area contributed by atoms with Gasteiger partial charge in [-0.25, -0.2) is 4.39 Å². The Labute approximate surface area is 214 Å². The minimum absolute atomic E-state index is 0.137. The summed E-state index contributed by atoms with van der Waals surface area (Å²) in [6, 6.07) is 12.1. The zero-order valence-electron chi connectivity index (χ0n) is 21.3. The molecule has 2 atom stereocenters. The second kappa shape index (κ2) is 12.2. The maximum atomic E-state index is 14.3. The van der Waals surface area contributed by atoms with E-state index in [0.29, 0.717) is 30.1 Å². The molecule has 1 saturated carbocycles. The second-order valence-corrected chi connectivity index (χ2v) is 10.8. The Morgan fingerprint density at radius 2 is 1.72 bits per heavy atom. The fourth-order valence-electron chi connectivity index (χ4n) is 6.44. The number of nitrogens with zero attached hydrogens (tertiary/aromatic N) is 4. The van der Waals surface area contributed by atoms with Gasteiger partial charge in [0.2, 0.25) is 5.91 Å². The third-order valence-electron chi connectivity index (χ3n) is 8.37. The van der Waals surface area contributed by atoms with Crippen LogP contribution in [0.5, 0.6) is 0 Å².